The number of hydrogen-bond acceptors (Lipinski definition) is 5. The molecule has 0 aliphatic heterocycles. The summed E-state index contributed by atoms with van der Waals surface area (Å²) in [6.07, 6.45) is 4.36. The number of aromatic amines is 1. The van der Waals surface area contributed by atoms with Crippen LogP contribution in [0.25, 0.3) is 22.3 Å². The van der Waals surface area contributed by atoms with Crippen LogP contribution < -0.4 is 10.1 Å². The van der Waals surface area contributed by atoms with Crippen molar-refractivity contribution in [3.8, 4) is 17.4 Å². The summed E-state index contributed by atoms with van der Waals surface area (Å²) in [7, 11) is 0. The van der Waals surface area contributed by atoms with Crippen LogP contribution in [0.1, 0.15) is 20.3 Å². The van der Waals surface area contributed by atoms with E-state index in [1.807, 2.05) is 25.1 Å². The number of amides is 1. The van der Waals surface area contributed by atoms with E-state index in [4.69, 9.17) is 4.74 Å². The molecule has 3 heterocycles. The van der Waals surface area contributed by atoms with Crippen molar-refractivity contribution in [1.82, 2.24) is 19.9 Å². The lowest BCUT2D eigenvalue weighted by molar-refractivity contribution is -0.117. The third-order valence-corrected chi connectivity index (χ3v) is 4.38. The number of nitrogens with one attached hydrogen (secondary N) is 2. The molecule has 0 radical (unpaired) electrons. The summed E-state index contributed by atoms with van der Waals surface area (Å²) >= 11 is 0. The van der Waals surface area contributed by atoms with Crippen LogP contribution in [0, 0.1) is 11.8 Å². The van der Waals surface area contributed by atoms with Crippen molar-refractivity contribution in [2.75, 3.05) is 11.9 Å². The SMILES string of the molecule is CCOc1nccc(-c2cc3cnc(NC(=O)C4CC4C)cc3[nH]2)n1. The first-order chi connectivity index (χ1) is 12.1. The summed E-state index contributed by atoms with van der Waals surface area (Å²) in [5.41, 5.74) is 2.48. The molecule has 0 saturated heterocycles. The van der Waals surface area contributed by atoms with Gasteiger partial charge in [0.2, 0.25) is 5.91 Å². The van der Waals surface area contributed by atoms with Gasteiger partial charge in [-0.1, -0.05) is 6.92 Å². The van der Waals surface area contributed by atoms with E-state index in [0.29, 0.717) is 24.4 Å². The maximum Gasteiger partial charge on any atom is 0.316 e. The average molecular weight is 337 g/mol. The van der Waals surface area contributed by atoms with Crippen LogP contribution in [-0.4, -0.2) is 32.4 Å². The number of rotatable bonds is 5. The van der Waals surface area contributed by atoms with Crippen LogP contribution in [0.4, 0.5) is 5.82 Å². The smallest absolute Gasteiger partial charge is 0.316 e. The molecule has 2 N–H and O–H groups in total. The predicted molar refractivity (Wildman–Crippen MR) is 94.2 cm³/mol. The number of fused-ring (bicyclic) bond motifs is 1. The molecule has 1 aliphatic carbocycles. The summed E-state index contributed by atoms with van der Waals surface area (Å²) < 4.78 is 5.35. The zero-order valence-electron chi connectivity index (χ0n) is 14.1. The lowest BCUT2D eigenvalue weighted by atomic mass is 10.2. The van der Waals surface area contributed by atoms with Crippen LogP contribution in [0.3, 0.4) is 0 Å². The van der Waals surface area contributed by atoms with Gasteiger partial charge in [-0.05, 0) is 31.4 Å². The normalized spacial score (nSPS) is 19.0. The Bertz CT molecular complexity index is 936. The zero-order chi connectivity index (χ0) is 17.4. The second kappa shape index (κ2) is 6.16. The lowest BCUT2D eigenvalue weighted by Crippen LogP contribution is -2.15. The topological polar surface area (TPSA) is 92.8 Å². The average Bonchev–Trinajstić information content (AvgIpc) is 3.18. The van der Waals surface area contributed by atoms with Crippen LogP contribution in [0.5, 0.6) is 6.01 Å². The maximum atomic E-state index is 12.1. The van der Waals surface area contributed by atoms with Gasteiger partial charge in [-0.15, -0.1) is 0 Å². The molecule has 0 aromatic carbocycles. The first-order valence-corrected chi connectivity index (χ1v) is 8.40. The van der Waals surface area contributed by atoms with Crippen molar-refractivity contribution < 1.29 is 9.53 Å². The minimum absolute atomic E-state index is 0.0447. The predicted octanol–water partition coefficient (Wildman–Crippen LogP) is 3.01. The van der Waals surface area contributed by atoms with Crippen LogP contribution >= 0.6 is 0 Å². The van der Waals surface area contributed by atoms with Crippen molar-refractivity contribution in [3.05, 3.63) is 30.6 Å². The second-order valence-electron chi connectivity index (χ2n) is 6.31. The highest BCUT2D eigenvalue weighted by molar-refractivity contribution is 5.95. The molecular weight excluding hydrogens is 318 g/mol. The molecule has 0 spiro atoms. The number of nitrogens with zero attached hydrogens (tertiary/aromatic N) is 3. The molecule has 1 amide bonds. The first-order valence-electron chi connectivity index (χ1n) is 8.40. The molecular formula is C18H19N5O2. The van der Waals surface area contributed by atoms with Gasteiger partial charge < -0.3 is 15.0 Å². The molecule has 25 heavy (non-hydrogen) atoms. The summed E-state index contributed by atoms with van der Waals surface area (Å²) in [4.78, 5) is 28.2. The minimum atomic E-state index is 0.0447. The highest BCUT2D eigenvalue weighted by atomic mass is 16.5. The van der Waals surface area contributed by atoms with Crippen molar-refractivity contribution in [2.45, 2.75) is 20.3 Å². The van der Waals surface area contributed by atoms with Gasteiger partial charge in [-0.25, -0.2) is 9.97 Å². The summed E-state index contributed by atoms with van der Waals surface area (Å²) in [5.74, 6) is 1.19. The molecule has 0 bridgehead atoms. The number of H-pyrrole nitrogens is 1. The van der Waals surface area contributed by atoms with E-state index in [1.165, 1.54) is 0 Å². The van der Waals surface area contributed by atoms with E-state index in [-0.39, 0.29) is 11.8 Å². The Morgan fingerprint density at radius 1 is 1.40 bits per heavy atom. The van der Waals surface area contributed by atoms with Gasteiger partial charge in [0.1, 0.15) is 5.82 Å². The van der Waals surface area contributed by atoms with Gasteiger partial charge in [0.15, 0.2) is 0 Å². The fourth-order valence-corrected chi connectivity index (χ4v) is 2.83. The van der Waals surface area contributed by atoms with Gasteiger partial charge in [-0.3, -0.25) is 4.79 Å². The van der Waals surface area contributed by atoms with Crippen LogP contribution in [0.2, 0.25) is 0 Å². The van der Waals surface area contributed by atoms with E-state index in [9.17, 15) is 4.79 Å². The van der Waals surface area contributed by atoms with E-state index in [0.717, 1.165) is 28.7 Å². The standard InChI is InChI=1S/C18H19N5O2/c1-3-25-18-19-5-4-13(22-18)15-7-11-9-20-16(8-14(11)21-15)23-17(24)12-6-10(12)2/h4-5,7-10,12,21H,3,6H2,1-2H3,(H,20,23,24). The number of ether oxygens (including phenoxy) is 1. The number of carbonyl (C=O) groups is 1. The molecule has 2 atom stereocenters. The third kappa shape index (κ3) is 3.17. The van der Waals surface area contributed by atoms with E-state index >= 15 is 0 Å². The minimum Gasteiger partial charge on any atom is -0.464 e. The van der Waals surface area contributed by atoms with Crippen molar-refractivity contribution >= 4 is 22.6 Å². The van der Waals surface area contributed by atoms with Gasteiger partial charge in [0.25, 0.3) is 0 Å². The zero-order valence-corrected chi connectivity index (χ0v) is 14.1. The molecule has 1 fully saturated rings. The number of anilines is 1. The Morgan fingerprint density at radius 2 is 2.24 bits per heavy atom. The van der Waals surface area contributed by atoms with Gasteiger partial charge >= 0.3 is 6.01 Å². The van der Waals surface area contributed by atoms with Gasteiger partial charge in [-0.2, -0.15) is 4.98 Å². The fraction of sp³-hybridized carbons (Fsp3) is 0.333. The highest BCUT2D eigenvalue weighted by Gasteiger charge is 2.39. The van der Waals surface area contributed by atoms with Crippen molar-refractivity contribution in [1.29, 1.82) is 0 Å². The quantitative estimate of drug-likeness (QED) is 0.746. The molecule has 3 aromatic rings. The molecule has 4 rings (SSSR count). The third-order valence-electron chi connectivity index (χ3n) is 4.38. The largest absolute Gasteiger partial charge is 0.464 e. The van der Waals surface area contributed by atoms with E-state index < -0.39 is 0 Å². The number of carbonyl (C=O) groups excluding carboxylic acids is 1. The Kier molecular flexibility index (Phi) is 3.83. The Balaban J connectivity index is 1.59. The summed E-state index contributed by atoms with van der Waals surface area (Å²) in [6.45, 7) is 4.49. The molecule has 1 saturated carbocycles. The van der Waals surface area contributed by atoms with Gasteiger partial charge in [0, 0.05) is 29.8 Å². The van der Waals surface area contributed by atoms with Crippen molar-refractivity contribution in [2.24, 2.45) is 11.8 Å². The Morgan fingerprint density at radius 3 is 3.00 bits per heavy atom. The first kappa shape index (κ1) is 15.6. The number of aromatic nitrogens is 4. The van der Waals surface area contributed by atoms with Crippen LogP contribution in [0.15, 0.2) is 30.6 Å². The molecule has 128 valence electrons. The number of hydrogen-bond donors (Lipinski definition) is 2. The summed E-state index contributed by atoms with van der Waals surface area (Å²) in [5, 5.41) is 3.83. The summed E-state index contributed by atoms with van der Waals surface area (Å²) in [6, 6.07) is 5.98. The van der Waals surface area contributed by atoms with Crippen molar-refractivity contribution in [3.63, 3.8) is 0 Å². The monoisotopic (exact) mass is 337 g/mol. The van der Waals surface area contributed by atoms with E-state index in [2.05, 4.69) is 32.2 Å². The molecule has 7 heteroatoms. The second-order valence-corrected chi connectivity index (χ2v) is 6.31. The Hall–Kier alpha value is -2.96. The highest BCUT2D eigenvalue weighted by Crippen LogP contribution is 2.38. The molecule has 3 aromatic heterocycles. The lowest BCUT2D eigenvalue weighted by Gasteiger charge is -2.03. The van der Waals surface area contributed by atoms with E-state index in [1.54, 1.807) is 12.4 Å². The maximum absolute atomic E-state index is 12.1. The van der Waals surface area contributed by atoms with Gasteiger partial charge in [0.05, 0.1) is 23.5 Å². The fourth-order valence-electron chi connectivity index (χ4n) is 2.83. The van der Waals surface area contributed by atoms with Crippen LogP contribution in [-0.2, 0) is 4.79 Å². The molecule has 2 unspecified atom stereocenters. The Labute approximate surface area is 144 Å². The number of pyridine rings is 1. The molecule has 1 aliphatic rings. The molecule has 7 nitrogen and oxygen atoms in total.